The van der Waals surface area contributed by atoms with E-state index in [0.717, 1.165) is 36.9 Å². The van der Waals surface area contributed by atoms with E-state index in [4.69, 9.17) is 11.5 Å². The average molecular weight is 635 g/mol. The fraction of sp³-hybridized carbons (Fsp3) is 0.226. The van der Waals surface area contributed by atoms with Crippen molar-refractivity contribution in [1.29, 1.82) is 10.5 Å². The summed E-state index contributed by atoms with van der Waals surface area (Å²) in [6.45, 7) is 2.40. The van der Waals surface area contributed by atoms with E-state index in [9.17, 15) is 10.5 Å². The summed E-state index contributed by atoms with van der Waals surface area (Å²) in [4.78, 5) is 26.2. The first kappa shape index (κ1) is 31.3. The SMILES string of the molecule is N#CC(c1ccnc(NCCCN)n1)c1nc2ccccc2s1.N#CC(c1ccnc(NCCN)n1)c1nc2ccccc2s1. The Balaban J connectivity index is 0.000000178. The first-order valence-electron chi connectivity index (χ1n) is 14.2. The zero-order valence-corrected chi connectivity index (χ0v) is 25.8. The van der Waals surface area contributed by atoms with Crippen LogP contribution in [0.1, 0.15) is 39.7 Å². The van der Waals surface area contributed by atoms with Crippen LogP contribution in [0, 0.1) is 22.7 Å². The molecule has 0 bridgehead atoms. The minimum Gasteiger partial charge on any atom is -0.354 e. The van der Waals surface area contributed by atoms with Crippen molar-refractivity contribution in [2.24, 2.45) is 11.5 Å². The Bertz CT molecular complexity index is 1870. The second-order valence-corrected chi connectivity index (χ2v) is 11.7. The van der Waals surface area contributed by atoms with E-state index in [1.165, 1.54) is 22.7 Å². The molecule has 4 heterocycles. The summed E-state index contributed by atoms with van der Waals surface area (Å²) in [5, 5.41) is 26.7. The van der Waals surface area contributed by atoms with Crippen molar-refractivity contribution >= 4 is 55.0 Å². The minimum atomic E-state index is -0.501. The molecule has 0 saturated heterocycles. The molecule has 45 heavy (non-hydrogen) atoms. The van der Waals surface area contributed by atoms with Gasteiger partial charge in [-0.2, -0.15) is 10.5 Å². The standard InChI is InChI=1S/C16H16N6S.C15H14N6S/c17-7-3-8-19-16-20-9-6-12(22-16)11(10-18)15-21-13-4-1-2-5-14(13)23-15;16-6-8-19-15-18-7-5-11(21-15)10(9-17)14-20-12-3-1-2-4-13(12)22-14/h1-2,4-6,9,11H,3,7-8,17H2,(H,19,20,22);1-5,7,10H,6,8,16H2,(H,18,19,21). The van der Waals surface area contributed by atoms with Gasteiger partial charge in [-0.3, -0.25) is 0 Å². The topological polar surface area (TPSA) is 201 Å². The summed E-state index contributed by atoms with van der Waals surface area (Å²) in [6, 6.07) is 23.8. The number of nitrogens with zero attached hydrogens (tertiary/aromatic N) is 8. The summed E-state index contributed by atoms with van der Waals surface area (Å²) in [5.41, 5.74) is 14.0. The summed E-state index contributed by atoms with van der Waals surface area (Å²) in [6.07, 6.45) is 4.14. The second-order valence-electron chi connectivity index (χ2n) is 9.56. The van der Waals surface area contributed by atoms with Crippen LogP contribution in [0.2, 0.25) is 0 Å². The molecule has 0 spiro atoms. The van der Waals surface area contributed by atoms with Crippen molar-refractivity contribution in [3.05, 3.63) is 94.5 Å². The highest BCUT2D eigenvalue weighted by Gasteiger charge is 2.21. The fourth-order valence-electron chi connectivity index (χ4n) is 4.25. The number of aromatic nitrogens is 6. The van der Waals surface area contributed by atoms with Crippen LogP contribution in [0.4, 0.5) is 11.9 Å². The highest BCUT2D eigenvalue weighted by atomic mass is 32.1. The minimum absolute atomic E-state index is 0.476. The normalized spacial score (nSPS) is 12.0. The smallest absolute Gasteiger partial charge is 0.222 e. The van der Waals surface area contributed by atoms with Crippen molar-refractivity contribution in [2.45, 2.75) is 18.3 Å². The number of para-hydroxylation sites is 2. The summed E-state index contributed by atoms with van der Waals surface area (Å²) in [5.74, 6) is -0.00842. The molecule has 226 valence electrons. The van der Waals surface area contributed by atoms with Gasteiger partial charge in [0.1, 0.15) is 21.9 Å². The number of nitriles is 2. The van der Waals surface area contributed by atoms with E-state index in [1.807, 2.05) is 48.5 Å². The Kier molecular flexibility index (Phi) is 10.8. The Morgan fingerprint density at radius 1 is 0.644 bits per heavy atom. The Morgan fingerprint density at radius 3 is 1.58 bits per heavy atom. The summed E-state index contributed by atoms with van der Waals surface area (Å²) >= 11 is 3.04. The van der Waals surface area contributed by atoms with Gasteiger partial charge in [-0.05, 0) is 49.4 Å². The fourth-order valence-corrected chi connectivity index (χ4v) is 6.30. The molecule has 0 fully saturated rings. The van der Waals surface area contributed by atoms with Gasteiger partial charge in [0.05, 0.1) is 44.0 Å². The molecule has 6 rings (SSSR count). The van der Waals surface area contributed by atoms with Gasteiger partial charge >= 0.3 is 0 Å². The Labute approximate surface area is 267 Å². The molecule has 0 aliphatic heterocycles. The highest BCUT2D eigenvalue weighted by Crippen LogP contribution is 2.32. The molecule has 0 aliphatic carbocycles. The molecule has 0 saturated carbocycles. The van der Waals surface area contributed by atoms with Crippen LogP contribution in [0.25, 0.3) is 20.4 Å². The lowest BCUT2D eigenvalue weighted by Gasteiger charge is -2.08. The van der Waals surface area contributed by atoms with E-state index < -0.39 is 11.8 Å². The molecular weight excluding hydrogens is 605 g/mol. The third kappa shape index (κ3) is 7.89. The number of fused-ring (bicyclic) bond motifs is 2. The number of nitrogens with two attached hydrogens (primary N) is 2. The second kappa shape index (κ2) is 15.6. The highest BCUT2D eigenvalue weighted by molar-refractivity contribution is 7.19. The molecule has 6 aromatic rings. The molecule has 0 radical (unpaired) electrons. The van der Waals surface area contributed by atoms with Crippen LogP contribution in [0.5, 0.6) is 0 Å². The quantitative estimate of drug-likeness (QED) is 0.144. The zero-order valence-electron chi connectivity index (χ0n) is 24.2. The predicted octanol–water partition coefficient (Wildman–Crippen LogP) is 4.61. The van der Waals surface area contributed by atoms with Gasteiger partial charge in [0, 0.05) is 32.0 Å². The van der Waals surface area contributed by atoms with Crippen LogP contribution >= 0.6 is 22.7 Å². The number of thiazole rings is 2. The monoisotopic (exact) mass is 634 g/mol. The number of benzene rings is 2. The number of hydrogen-bond donors (Lipinski definition) is 4. The lowest BCUT2D eigenvalue weighted by atomic mass is 10.1. The van der Waals surface area contributed by atoms with Gasteiger partial charge in [0.25, 0.3) is 0 Å². The molecule has 6 N–H and O–H groups in total. The molecular formula is C31H30N12S2. The first-order chi connectivity index (χ1) is 22.1. The molecule has 12 nitrogen and oxygen atoms in total. The van der Waals surface area contributed by atoms with Gasteiger partial charge in [-0.15, -0.1) is 22.7 Å². The Hall–Kier alpha value is -5.12. The molecule has 2 unspecified atom stereocenters. The van der Waals surface area contributed by atoms with Crippen molar-refractivity contribution < 1.29 is 0 Å². The molecule has 2 atom stereocenters. The van der Waals surface area contributed by atoms with Crippen molar-refractivity contribution in [3.8, 4) is 12.1 Å². The van der Waals surface area contributed by atoms with E-state index in [2.05, 4.69) is 52.7 Å². The van der Waals surface area contributed by atoms with E-state index in [-0.39, 0.29) is 0 Å². The van der Waals surface area contributed by atoms with Crippen LogP contribution < -0.4 is 22.1 Å². The van der Waals surface area contributed by atoms with Gasteiger partial charge in [0.15, 0.2) is 0 Å². The van der Waals surface area contributed by atoms with E-state index >= 15 is 0 Å². The zero-order chi connectivity index (χ0) is 31.4. The first-order valence-corrected chi connectivity index (χ1v) is 15.8. The van der Waals surface area contributed by atoms with Crippen molar-refractivity contribution in [1.82, 2.24) is 29.9 Å². The molecule has 4 aromatic heterocycles. The number of anilines is 2. The lowest BCUT2D eigenvalue weighted by molar-refractivity contribution is 0.855. The lowest BCUT2D eigenvalue weighted by Crippen LogP contribution is -2.15. The summed E-state index contributed by atoms with van der Waals surface area (Å²) in [7, 11) is 0. The number of rotatable bonds is 11. The van der Waals surface area contributed by atoms with Crippen molar-refractivity contribution in [3.63, 3.8) is 0 Å². The number of hydrogen-bond acceptors (Lipinski definition) is 14. The van der Waals surface area contributed by atoms with Crippen molar-refractivity contribution in [2.75, 3.05) is 36.8 Å². The van der Waals surface area contributed by atoms with Crippen LogP contribution in [-0.2, 0) is 0 Å². The van der Waals surface area contributed by atoms with Crippen LogP contribution in [0.15, 0.2) is 73.1 Å². The maximum atomic E-state index is 9.58. The van der Waals surface area contributed by atoms with Gasteiger partial charge in [-0.25, -0.2) is 29.9 Å². The van der Waals surface area contributed by atoms with Gasteiger partial charge in [-0.1, -0.05) is 24.3 Å². The third-order valence-electron chi connectivity index (χ3n) is 6.41. The maximum absolute atomic E-state index is 9.58. The molecule has 14 heteroatoms. The van der Waals surface area contributed by atoms with Gasteiger partial charge in [0.2, 0.25) is 11.9 Å². The Morgan fingerprint density at radius 2 is 1.13 bits per heavy atom. The van der Waals surface area contributed by atoms with Gasteiger partial charge < -0.3 is 22.1 Å². The number of nitrogens with one attached hydrogen (secondary N) is 2. The average Bonchev–Trinajstić information content (AvgIpc) is 3.70. The van der Waals surface area contributed by atoms with E-state index in [0.29, 0.717) is 49.5 Å². The third-order valence-corrected chi connectivity index (χ3v) is 8.61. The maximum Gasteiger partial charge on any atom is 0.222 e. The predicted molar refractivity (Wildman–Crippen MR) is 178 cm³/mol. The molecule has 0 aliphatic rings. The molecule has 0 amide bonds. The molecule has 2 aromatic carbocycles. The van der Waals surface area contributed by atoms with Crippen LogP contribution in [0.3, 0.4) is 0 Å². The van der Waals surface area contributed by atoms with E-state index in [1.54, 1.807) is 24.5 Å². The van der Waals surface area contributed by atoms with Crippen LogP contribution in [-0.4, -0.2) is 56.1 Å². The summed E-state index contributed by atoms with van der Waals surface area (Å²) < 4.78 is 2.13. The largest absolute Gasteiger partial charge is 0.354 e.